The van der Waals surface area contributed by atoms with Crippen molar-refractivity contribution in [3.8, 4) is 11.3 Å². The second-order valence-electron chi connectivity index (χ2n) is 6.11. The number of benzene rings is 1. The largest absolute Gasteiger partial charge is 0.289 e. The van der Waals surface area contributed by atoms with E-state index in [0.717, 1.165) is 22.3 Å². The fourth-order valence-electron chi connectivity index (χ4n) is 3.07. The van der Waals surface area contributed by atoms with Crippen LogP contribution >= 0.6 is 0 Å². The van der Waals surface area contributed by atoms with Crippen LogP contribution in [0.4, 0.5) is 0 Å². The molecule has 1 atom stereocenters. The van der Waals surface area contributed by atoms with Crippen LogP contribution in [-0.4, -0.2) is 30.9 Å². The van der Waals surface area contributed by atoms with Crippen molar-refractivity contribution in [2.45, 2.75) is 12.5 Å². The van der Waals surface area contributed by atoms with Crippen molar-refractivity contribution in [1.82, 2.24) is 25.2 Å². The average Bonchev–Trinajstić information content (AvgIpc) is 3.16. The van der Waals surface area contributed by atoms with Crippen LogP contribution < -0.4 is 5.48 Å². The van der Waals surface area contributed by atoms with E-state index < -0.39 is 11.9 Å². The Morgan fingerprint density at radius 3 is 2.59 bits per heavy atom. The van der Waals surface area contributed by atoms with Crippen molar-refractivity contribution in [3.63, 3.8) is 0 Å². The van der Waals surface area contributed by atoms with Gasteiger partial charge in [0.25, 0.3) is 5.91 Å². The van der Waals surface area contributed by atoms with E-state index in [4.69, 9.17) is 0 Å². The van der Waals surface area contributed by atoms with Crippen LogP contribution in [0.3, 0.4) is 0 Å². The molecule has 3 heterocycles. The molecule has 1 amide bonds. The Morgan fingerprint density at radius 2 is 1.85 bits per heavy atom. The lowest BCUT2D eigenvalue weighted by Gasteiger charge is -2.16. The van der Waals surface area contributed by atoms with Crippen LogP contribution in [0.2, 0.25) is 0 Å². The van der Waals surface area contributed by atoms with Crippen LogP contribution in [0.1, 0.15) is 11.6 Å². The first-order valence-electron chi connectivity index (χ1n) is 8.49. The van der Waals surface area contributed by atoms with Gasteiger partial charge in [0.1, 0.15) is 11.6 Å². The zero-order chi connectivity index (χ0) is 18.6. The number of carbonyl (C=O) groups excluding carboxylic acids is 1. The van der Waals surface area contributed by atoms with E-state index in [0.29, 0.717) is 11.9 Å². The van der Waals surface area contributed by atoms with Gasteiger partial charge >= 0.3 is 0 Å². The number of carbonyl (C=O) groups is 1. The first-order chi connectivity index (χ1) is 13.3. The fourth-order valence-corrected chi connectivity index (χ4v) is 3.07. The maximum absolute atomic E-state index is 12.3. The third-order valence-corrected chi connectivity index (χ3v) is 4.41. The maximum Gasteiger partial charge on any atom is 0.268 e. The Bertz CT molecular complexity index is 1060. The van der Waals surface area contributed by atoms with E-state index in [2.05, 4.69) is 15.1 Å². The van der Waals surface area contributed by atoms with Crippen molar-refractivity contribution < 1.29 is 10.0 Å². The van der Waals surface area contributed by atoms with Gasteiger partial charge in [0.2, 0.25) is 0 Å². The first kappa shape index (κ1) is 16.9. The quantitative estimate of drug-likeness (QED) is 0.422. The summed E-state index contributed by atoms with van der Waals surface area (Å²) in [4.78, 5) is 20.9. The highest BCUT2D eigenvalue weighted by Gasteiger charge is 2.23. The molecule has 27 heavy (non-hydrogen) atoms. The van der Waals surface area contributed by atoms with Crippen molar-refractivity contribution in [2.75, 3.05) is 0 Å². The SMILES string of the molecule is O=C(NO)C(Cc1ccccc1)n1ncc2nc(-c3ccncc3)ccc21. The lowest BCUT2D eigenvalue weighted by molar-refractivity contribution is -0.132. The van der Waals surface area contributed by atoms with Crippen LogP contribution in [0, 0.1) is 0 Å². The van der Waals surface area contributed by atoms with Gasteiger partial charge in [-0.3, -0.25) is 19.7 Å². The number of pyridine rings is 2. The second kappa shape index (κ2) is 7.35. The molecule has 0 saturated heterocycles. The Balaban J connectivity index is 1.73. The minimum Gasteiger partial charge on any atom is -0.289 e. The molecule has 1 unspecified atom stereocenters. The van der Waals surface area contributed by atoms with Crippen molar-refractivity contribution in [2.24, 2.45) is 0 Å². The van der Waals surface area contributed by atoms with Gasteiger partial charge < -0.3 is 0 Å². The average molecular weight is 359 g/mol. The molecule has 0 radical (unpaired) electrons. The standard InChI is InChI=1S/C20H17N5O2/c26-20(24-27)19(12-14-4-2-1-3-5-14)25-18-7-6-16(23-17(18)13-22-25)15-8-10-21-11-9-15/h1-11,13,19,27H,12H2,(H,24,26). The molecule has 7 heteroatoms. The zero-order valence-corrected chi connectivity index (χ0v) is 14.4. The van der Waals surface area contributed by atoms with Gasteiger partial charge in [-0.15, -0.1) is 0 Å². The smallest absolute Gasteiger partial charge is 0.268 e. The molecule has 4 aromatic rings. The summed E-state index contributed by atoms with van der Waals surface area (Å²) in [6, 6.07) is 16.4. The molecule has 0 spiro atoms. The van der Waals surface area contributed by atoms with Crippen molar-refractivity contribution in [1.29, 1.82) is 0 Å². The van der Waals surface area contributed by atoms with E-state index in [1.807, 2.05) is 54.6 Å². The predicted octanol–water partition coefficient (Wildman–Crippen LogP) is 2.78. The molecule has 134 valence electrons. The van der Waals surface area contributed by atoms with Gasteiger partial charge in [-0.1, -0.05) is 30.3 Å². The van der Waals surface area contributed by atoms with Crippen LogP contribution in [-0.2, 0) is 11.2 Å². The molecule has 0 fully saturated rings. The number of rotatable bonds is 5. The highest BCUT2D eigenvalue weighted by atomic mass is 16.5. The third kappa shape index (κ3) is 3.40. The molecule has 4 rings (SSSR count). The highest BCUT2D eigenvalue weighted by Crippen LogP contribution is 2.24. The number of hydroxylamine groups is 1. The molecular formula is C20H17N5O2. The maximum atomic E-state index is 12.3. The predicted molar refractivity (Wildman–Crippen MR) is 99.9 cm³/mol. The number of hydrogen-bond acceptors (Lipinski definition) is 5. The minimum absolute atomic E-state index is 0.399. The van der Waals surface area contributed by atoms with Crippen molar-refractivity contribution >= 4 is 16.9 Å². The normalized spacial score (nSPS) is 12.0. The van der Waals surface area contributed by atoms with Gasteiger partial charge in [0.05, 0.1) is 17.4 Å². The summed E-state index contributed by atoms with van der Waals surface area (Å²) in [5, 5.41) is 13.6. The Labute approximate surface area is 155 Å². The van der Waals surface area contributed by atoms with E-state index in [-0.39, 0.29) is 0 Å². The van der Waals surface area contributed by atoms with E-state index >= 15 is 0 Å². The van der Waals surface area contributed by atoms with E-state index in [9.17, 15) is 10.0 Å². The Morgan fingerprint density at radius 1 is 1.07 bits per heavy atom. The highest BCUT2D eigenvalue weighted by molar-refractivity contribution is 5.84. The molecule has 0 aliphatic heterocycles. The summed E-state index contributed by atoms with van der Waals surface area (Å²) in [5.41, 5.74) is 5.86. The van der Waals surface area contributed by atoms with Gasteiger partial charge in [-0.25, -0.2) is 10.5 Å². The third-order valence-electron chi connectivity index (χ3n) is 4.41. The molecule has 0 bridgehead atoms. The number of hydrogen-bond donors (Lipinski definition) is 2. The van der Waals surface area contributed by atoms with Crippen LogP contribution in [0.25, 0.3) is 22.3 Å². The summed E-state index contributed by atoms with van der Waals surface area (Å²) in [7, 11) is 0. The summed E-state index contributed by atoms with van der Waals surface area (Å²) in [6.45, 7) is 0. The molecule has 0 aliphatic carbocycles. The minimum atomic E-state index is -0.691. The number of fused-ring (bicyclic) bond motifs is 1. The van der Waals surface area contributed by atoms with Crippen molar-refractivity contribution in [3.05, 3.63) is 78.8 Å². The summed E-state index contributed by atoms with van der Waals surface area (Å²) in [6.07, 6.45) is 5.46. The monoisotopic (exact) mass is 359 g/mol. The molecule has 3 aromatic heterocycles. The number of aromatic nitrogens is 4. The molecule has 0 aliphatic rings. The van der Waals surface area contributed by atoms with Gasteiger partial charge in [-0.2, -0.15) is 5.10 Å². The van der Waals surface area contributed by atoms with Crippen LogP contribution in [0.5, 0.6) is 0 Å². The molecule has 2 N–H and O–H groups in total. The van der Waals surface area contributed by atoms with Crippen LogP contribution in [0.15, 0.2) is 73.2 Å². The van der Waals surface area contributed by atoms with E-state index in [1.54, 1.807) is 28.8 Å². The number of nitrogens with zero attached hydrogens (tertiary/aromatic N) is 4. The Kier molecular flexibility index (Phi) is 4.59. The number of amides is 1. The molecular weight excluding hydrogens is 342 g/mol. The lowest BCUT2D eigenvalue weighted by Crippen LogP contribution is -2.32. The first-order valence-corrected chi connectivity index (χ1v) is 8.49. The summed E-state index contributed by atoms with van der Waals surface area (Å²) in [5.74, 6) is -0.526. The molecule has 7 nitrogen and oxygen atoms in total. The van der Waals surface area contributed by atoms with Gasteiger partial charge in [0.15, 0.2) is 0 Å². The fraction of sp³-hybridized carbons (Fsp3) is 0.100. The lowest BCUT2D eigenvalue weighted by atomic mass is 10.1. The number of nitrogens with one attached hydrogen (secondary N) is 1. The topological polar surface area (TPSA) is 92.9 Å². The molecule has 1 aromatic carbocycles. The second-order valence-corrected chi connectivity index (χ2v) is 6.11. The molecule has 0 saturated carbocycles. The van der Waals surface area contributed by atoms with Gasteiger partial charge in [0, 0.05) is 24.4 Å². The van der Waals surface area contributed by atoms with E-state index in [1.165, 1.54) is 0 Å². The Hall–Kier alpha value is -3.58. The zero-order valence-electron chi connectivity index (χ0n) is 14.4. The summed E-state index contributed by atoms with van der Waals surface area (Å²) < 4.78 is 1.59. The van der Waals surface area contributed by atoms with Gasteiger partial charge in [-0.05, 0) is 29.8 Å². The summed E-state index contributed by atoms with van der Waals surface area (Å²) >= 11 is 0.